The van der Waals surface area contributed by atoms with Crippen LogP contribution in [0, 0.1) is 0 Å². The molecule has 0 aromatic heterocycles. The monoisotopic (exact) mass is 654 g/mol. The van der Waals surface area contributed by atoms with Gasteiger partial charge in [-0.3, -0.25) is 9.59 Å². The second-order valence-corrected chi connectivity index (χ2v) is 11.5. The van der Waals surface area contributed by atoms with Crippen molar-refractivity contribution in [2.75, 3.05) is 0 Å². The zero-order valence-electron chi connectivity index (χ0n) is 26.6. The zero-order chi connectivity index (χ0) is 28.4. The Morgan fingerprint density at radius 3 is 0.641 bits per heavy atom. The predicted molar refractivity (Wildman–Crippen MR) is 165 cm³/mol. The summed E-state index contributed by atoms with van der Waals surface area (Å²) < 4.78 is 0. The van der Waals surface area contributed by atoms with E-state index in [-0.39, 0.29) is 27.3 Å². The minimum Gasteiger partial charge on any atom is -0.481 e. The van der Waals surface area contributed by atoms with Crippen molar-refractivity contribution in [1.29, 1.82) is 0 Å². The SMILES string of the molecule is CCCCCCCCCCCCCCCCC(=O)O.CCCCCCCCCCCCCCCCC(=O)O.[Cd]. The number of carboxylic acid groups (broad SMARTS) is 2. The molecule has 0 rings (SSSR count). The average molecular weight is 653 g/mol. The molecular formula is C34H68CdO4. The van der Waals surface area contributed by atoms with Crippen LogP contribution in [0.15, 0.2) is 0 Å². The van der Waals surface area contributed by atoms with Gasteiger partial charge in [-0.2, -0.15) is 0 Å². The van der Waals surface area contributed by atoms with Gasteiger partial charge in [0.05, 0.1) is 0 Å². The Balaban J connectivity index is -0.000000648. The minimum atomic E-state index is -0.654. The standard InChI is InChI=1S/2C17H34O2.Cd/c2*1-2-3-4-5-6-7-8-9-10-11-12-13-14-15-16-17(18)19;/h2*2-16H2,1H3,(H,18,19);. The van der Waals surface area contributed by atoms with Gasteiger partial charge in [0.2, 0.25) is 0 Å². The fourth-order valence-electron chi connectivity index (χ4n) is 4.94. The van der Waals surface area contributed by atoms with Gasteiger partial charge in [0.25, 0.3) is 0 Å². The quantitative estimate of drug-likeness (QED) is 0.0598. The van der Waals surface area contributed by atoms with E-state index in [1.807, 2.05) is 0 Å². The van der Waals surface area contributed by atoms with Gasteiger partial charge in [0.15, 0.2) is 0 Å². The third-order valence-electron chi connectivity index (χ3n) is 7.49. The number of rotatable bonds is 30. The first-order valence-corrected chi connectivity index (χ1v) is 17.0. The van der Waals surface area contributed by atoms with E-state index in [0.29, 0.717) is 12.8 Å². The summed E-state index contributed by atoms with van der Waals surface area (Å²) in [6.45, 7) is 4.53. The molecule has 39 heavy (non-hydrogen) atoms. The Hall–Kier alpha value is -0.138. The van der Waals surface area contributed by atoms with Crippen molar-refractivity contribution in [3.05, 3.63) is 0 Å². The number of carboxylic acids is 2. The van der Waals surface area contributed by atoms with E-state index in [0.717, 1.165) is 25.7 Å². The molecule has 0 spiro atoms. The summed E-state index contributed by atoms with van der Waals surface area (Å²) in [5, 5.41) is 17.0. The largest absolute Gasteiger partial charge is 0.481 e. The normalized spacial score (nSPS) is 10.5. The molecule has 2 N–H and O–H groups in total. The third-order valence-corrected chi connectivity index (χ3v) is 7.49. The van der Waals surface area contributed by atoms with Crippen LogP contribution in [0.3, 0.4) is 0 Å². The summed E-state index contributed by atoms with van der Waals surface area (Å²) >= 11 is 0. The molecule has 4 nitrogen and oxygen atoms in total. The van der Waals surface area contributed by atoms with E-state index in [1.54, 1.807) is 0 Å². The van der Waals surface area contributed by atoms with Gasteiger partial charge >= 0.3 is 11.9 Å². The third kappa shape index (κ3) is 48.0. The minimum absolute atomic E-state index is 0. The number of hydrogen-bond donors (Lipinski definition) is 2. The molecule has 0 aliphatic heterocycles. The Morgan fingerprint density at radius 2 is 0.487 bits per heavy atom. The molecule has 0 bridgehead atoms. The second kappa shape index (κ2) is 40.0. The molecule has 0 aromatic rings. The molecule has 230 valence electrons. The van der Waals surface area contributed by atoms with Gasteiger partial charge < -0.3 is 10.2 Å². The van der Waals surface area contributed by atoms with Crippen molar-refractivity contribution in [1.82, 2.24) is 0 Å². The summed E-state index contributed by atoms with van der Waals surface area (Å²) in [5.74, 6) is -1.31. The Kier molecular flexibility index (Phi) is 44.4. The van der Waals surface area contributed by atoms with Gasteiger partial charge in [0.1, 0.15) is 0 Å². The Morgan fingerprint density at radius 1 is 0.333 bits per heavy atom. The van der Waals surface area contributed by atoms with Crippen LogP contribution in [0.25, 0.3) is 0 Å². The molecule has 0 aliphatic rings. The fourth-order valence-corrected chi connectivity index (χ4v) is 4.94. The Bertz CT molecular complexity index is 428. The van der Waals surface area contributed by atoms with Crippen molar-refractivity contribution < 1.29 is 47.1 Å². The smallest absolute Gasteiger partial charge is 0.303 e. The van der Waals surface area contributed by atoms with Gasteiger partial charge in [-0.1, -0.05) is 181 Å². The molecule has 0 aliphatic carbocycles. The van der Waals surface area contributed by atoms with E-state index in [4.69, 9.17) is 10.2 Å². The first-order valence-electron chi connectivity index (χ1n) is 17.0. The number of aliphatic carboxylic acids is 2. The molecule has 0 radical (unpaired) electrons. The van der Waals surface area contributed by atoms with E-state index >= 15 is 0 Å². The number of hydrogen-bond acceptors (Lipinski definition) is 2. The summed E-state index contributed by atoms with van der Waals surface area (Å²) in [4.78, 5) is 20.6. The average Bonchev–Trinajstić information content (AvgIpc) is 2.89. The van der Waals surface area contributed by atoms with Gasteiger partial charge in [-0.25, -0.2) is 0 Å². The van der Waals surface area contributed by atoms with Crippen LogP contribution in [0.1, 0.15) is 206 Å². The van der Waals surface area contributed by atoms with Crippen molar-refractivity contribution in [2.45, 2.75) is 206 Å². The van der Waals surface area contributed by atoms with Crippen molar-refractivity contribution >= 4 is 11.9 Å². The first kappa shape index (κ1) is 43.3. The predicted octanol–water partition coefficient (Wildman–Crippen LogP) is 11.9. The Labute approximate surface area is 264 Å². The number of unbranched alkanes of at least 4 members (excludes halogenated alkanes) is 26. The van der Waals surface area contributed by atoms with Crippen LogP contribution in [-0.2, 0) is 36.9 Å². The van der Waals surface area contributed by atoms with Crippen LogP contribution < -0.4 is 0 Å². The molecule has 0 amide bonds. The van der Waals surface area contributed by atoms with Gasteiger partial charge in [-0.05, 0) is 12.8 Å². The summed E-state index contributed by atoms with van der Waals surface area (Å²) in [7, 11) is 0. The molecule has 0 fully saturated rings. The summed E-state index contributed by atoms with van der Waals surface area (Å²) in [5.41, 5.74) is 0. The zero-order valence-corrected chi connectivity index (χ0v) is 30.7. The van der Waals surface area contributed by atoms with E-state index in [1.165, 1.54) is 154 Å². The van der Waals surface area contributed by atoms with Gasteiger partial charge in [0, 0.05) is 40.1 Å². The molecule has 0 saturated carbocycles. The van der Waals surface area contributed by atoms with Crippen LogP contribution in [0.2, 0.25) is 0 Å². The summed E-state index contributed by atoms with van der Waals surface area (Å²) in [6.07, 6.45) is 37.5. The van der Waals surface area contributed by atoms with E-state index < -0.39 is 11.9 Å². The summed E-state index contributed by atoms with van der Waals surface area (Å²) in [6, 6.07) is 0. The van der Waals surface area contributed by atoms with Crippen molar-refractivity contribution in [3.8, 4) is 0 Å². The molecule has 0 unspecified atom stereocenters. The maximum atomic E-state index is 10.3. The molecule has 0 heterocycles. The maximum Gasteiger partial charge on any atom is 0.303 e. The fraction of sp³-hybridized carbons (Fsp3) is 0.941. The number of carbonyl (C=O) groups is 2. The van der Waals surface area contributed by atoms with E-state index in [9.17, 15) is 9.59 Å². The molecular weight excluding hydrogens is 585 g/mol. The van der Waals surface area contributed by atoms with Gasteiger partial charge in [-0.15, -0.1) is 0 Å². The van der Waals surface area contributed by atoms with Crippen molar-refractivity contribution in [3.63, 3.8) is 0 Å². The first-order chi connectivity index (χ1) is 18.5. The molecule has 0 saturated heterocycles. The van der Waals surface area contributed by atoms with Crippen LogP contribution in [-0.4, -0.2) is 22.2 Å². The van der Waals surface area contributed by atoms with Crippen LogP contribution in [0.4, 0.5) is 0 Å². The van der Waals surface area contributed by atoms with Crippen LogP contribution >= 0.6 is 0 Å². The topological polar surface area (TPSA) is 74.6 Å². The van der Waals surface area contributed by atoms with Crippen LogP contribution in [0.5, 0.6) is 0 Å². The maximum absolute atomic E-state index is 10.3. The molecule has 0 aromatic carbocycles. The van der Waals surface area contributed by atoms with Crippen molar-refractivity contribution in [2.24, 2.45) is 0 Å². The molecule has 0 atom stereocenters. The second-order valence-electron chi connectivity index (χ2n) is 11.5. The molecule has 5 heteroatoms. The van der Waals surface area contributed by atoms with E-state index in [2.05, 4.69) is 13.8 Å².